The highest BCUT2D eigenvalue weighted by molar-refractivity contribution is 5.92. The molecule has 98 valence electrons. The van der Waals surface area contributed by atoms with E-state index in [2.05, 4.69) is 0 Å². The van der Waals surface area contributed by atoms with Gasteiger partial charge in [-0.25, -0.2) is 4.79 Å². The lowest BCUT2D eigenvalue weighted by atomic mass is 10.1. The Kier molecular flexibility index (Phi) is 3.71. The third-order valence-corrected chi connectivity index (χ3v) is 2.76. The number of hydrogen-bond donors (Lipinski definition) is 2. The molecule has 3 N–H and O–H groups in total. The second kappa shape index (κ2) is 5.44. The third kappa shape index (κ3) is 3.25. The van der Waals surface area contributed by atoms with E-state index >= 15 is 0 Å². The van der Waals surface area contributed by atoms with Crippen molar-refractivity contribution in [1.82, 2.24) is 0 Å². The van der Waals surface area contributed by atoms with Crippen LogP contribution in [0.25, 0.3) is 0 Å². The summed E-state index contributed by atoms with van der Waals surface area (Å²) in [6.45, 7) is 1.94. The Bertz CT molecular complexity index is 608. The molecule has 0 aliphatic carbocycles. The molecule has 4 heteroatoms. The molecule has 0 aromatic heterocycles. The van der Waals surface area contributed by atoms with E-state index in [0.717, 1.165) is 11.1 Å². The predicted molar refractivity (Wildman–Crippen MR) is 72.8 cm³/mol. The molecule has 0 radical (unpaired) electrons. The molecular weight excluding hydrogens is 242 g/mol. The Balaban J connectivity index is 2.07. The lowest BCUT2D eigenvalue weighted by Crippen LogP contribution is -2.07. The van der Waals surface area contributed by atoms with Crippen LogP contribution < -0.4 is 5.73 Å². The first-order valence-electron chi connectivity index (χ1n) is 5.87. The van der Waals surface area contributed by atoms with Crippen molar-refractivity contribution in [2.75, 3.05) is 5.73 Å². The second-order valence-corrected chi connectivity index (χ2v) is 4.32. The Morgan fingerprint density at radius 2 is 2.05 bits per heavy atom. The van der Waals surface area contributed by atoms with Crippen LogP contribution in [0.2, 0.25) is 0 Å². The van der Waals surface area contributed by atoms with Gasteiger partial charge in [0.1, 0.15) is 12.4 Å². The van der Waals surface area contributed by atoms with Gasteiger partial charge in [0.05, 0.1) is 5.56 Å². The smallest absolute Gasteiger partial charge is 0.338 e. The number of ether oxygens (including phenoxy) is 1. The van der Waals surface area contributed by atoms with Crippen LogP contribution >= 0.6 is 0 Å². The number of aromatic hydroxyl groups is 1. The van der Waals surface area contributed by atoms with E-state index in [1.54, 1.807) is 42.5 Å². The van der Waals surface area contributed by atoms with Gasteiger partial charge in [-0.05, 0) is 42.3 Å². The zero-order valence-corrected chi connectivity index (χ0v) is 10.6. The SMILES string of the molecule is Cc1ccc(N)cc1C(=O)OCc1cccc(O)c1. The topological polar surface area (TPSA) is 72.6 Å². The fourth-order valence-corrected chi connectivity index (χ4v) is 1.73. The zero-order valence-electron chi connectivity index (χ0n) is 10.6. The van der Waals surface area contributed by atoms with Gasteiger partial charge >= 0.3 is 5.97 Å². The molecule has 0 amide bonds. The van der Waals surface area contributed by atoms with Crippen LogP contribution in [0.3, 0.4) is 0 Å². The lowest BCUT2D eigenvalue weighted by molar-refractivity contribution is 0.0471. The van der Waals surface area contributed by atoms with E-state index < -0.39 is 5.97 Å². The van der Waals surface area contributed by atoms with Crippen molar-refractivity contribution >= 4 is 11.7 Å². The summed E-state index contributed by atoms with van der Waals surface area (Å²) < 4.78 is 5.20. The molecule has 2 rings (SSSR count). The summed E-state index contributed by atoms with van der Waals surface area (Å²) in [6.07, 6.45) is 0. The molecule has 0 bridgehead atoms. The quantitative estimate of drug-likeness (QED) is 0.655. The number of phenols is 1. The van der Waals surface area contributed by atoms with Gasteiger partial charge in [-0.2, -0.15) is 0 Å². The fraction of sp³-hybridized carbons (Fsp3) is 0.133. The molecule has 2 aromatic rings. The molecule has 0 atom stereocenters. The highest BCUT2D eigenvalue weighted by atomic mass is 16.5. The average molecular weight is 257 g/mol. The molecule has 0 saturated heterocycles. The normalized spacial score (nSPS) is 10.2. The monoisotopic (exact) mass is 257 g/mol. The molecule has 0 spiro atoms. The molecule has 19 heavy (non-hydrogen) atoms. The van der Waals surface area contributed by atoms with Crippen LogP contribution in [-0.2, 0) is 11.3 Å². The van der Waals surface area contributed by atoms with Gasteiger partial charge in [-0.1, -0.05) is 18.2 Å². The van der Waals surface area contributed by atoms with E-state index in [1.165, 1.54) is 0 Å². The second-order valence-electron chi connectivity index (χ2n) is 4.32. The highest BCUT2D eigenvalue weighted by Crippen LogP contribution is 2.16. The Morgan fingerprint density at radius 3 is 2.79 bits per heavy atom. The number of nitrogens with two attached hydrogens (primary N) is 1. The molecule has 4 nitrogen and oxygen atoms in total. The molecule has 2 aromatic carbocycles. The number of aryl methyl sites for hydroxylation is 1. The van der Waals surface area contributed by atoms with Crippen molar-refractivity contribution in [2.45, 2.75) is 13.5 Å². The number of rotatable bonds is 3. The number of phenolic OH excluding ortho intramolecular Hbond substituents is 1. The summed E-state index contributed by atoms with van der Waals surface area (Å²) >= 11 is 0. The van der Waals surface area contributed by atoms with Crippen molar-refractivity contribution in [3.8, 4) is 5.75 Å². The Hall–Kier alpha value is -2.49. The van der Waals surface area contributed by atoms with E-state index in [-0.39, 0.29) is 12.4 Å². The van der Waals surface area contributed by atoms with Gasteiger partial charge in [0.15, 0.2) is 0 Å². The van der Waals surface area contributed by atoms with Gasteiger partial charge in [-0.3, -0.25) is 0 Å². The van der Waals surface area contributed by atoms with Gasteiger partial charge in [0.25, 0.3) is 0 Å². The first-order chi connectivity index (χ1) is 9.06. The first-order valence-corrected chi connectivity index (χ1v) is 5.87. The molecule has 0 saturated carbocycles. The maximum Gasteiger partial charge on any atom is 0.338 e. The van der Waals surface area contributed by atoms with E-state index in [0.29, 0.717) is 11.3 Å². The Labute approximate surface area is 111 Å². The Morgan fingerprint density at radius 1 is 1.26 bits per heavy atom. The summed E-state index contributed by atoms with van der Waals surface area (Å²) in [7, 11) is 0. The number of esters is 1. The molecule has 0 aliphatic rings. The first kappa shape index (κ1) is 13.0. The van der Waals surface area contributed by atoms with Crippen LogP contribution in [0.15, 0.2) is 42.5 Å². The minimum absolute atomic E-state index is 0.113. The molecule has 0 heterocycles. The molecule has 0 unspecified atom stereocenters. The van der Waals surface area contributed by atoms with Gasteiger partial charge in [0.2, 0.25) is 0 Å². The van der Waals surface area contributed by atoms with Crippen molar-refractivity contribution in [2.24, 2.45) is 0 Å². The lowest BCUT2D eigenvalue weighted by Gasteiger charge is -2.08. The van der Waals surface area contributed by atoms with Gasteiger partial charge in [0, 0.05) is 5.69 Å². The van der Waals surface area contributed by atoms with Crippen molar-refractivity contribution < 1.29 is 14.6 Å². The molecule has 0 aliphatic heterocycles. The predicted octanol–water partition coefficient (Wildman–Crippen LogP) is 2.64. The zero-order chi connectivity index (χ0) is 13.8. The number of carbonyl (C=O) groups is 1. The largest absolute Gasteiger partial charge is 0.508 e. The van der Waals surface area contributed by atoms with Crippen molar-refractivity contribution in [1.29, 1.82) is 0 Å². The van der Waals surface area contributed by atoms with Crippen LogP contribution in [0.1, 0.15) is 21.5 Å². The summed E-state index contributed by atoms with van der Waals surface area (Å²) in [5, 5.41) is 9.32. The van der Waals surface area contributed by atoms with Crippen LogP contribution in [0, 0.1) is 6.92 Å². The number of anilines is 1. The van der Waals surface area contributed by atoms with Crippen LogP contribution in [-0.4, -0.2) is 11.1 Å². The third-order valence-electron chi connectivity index (χ3n) is 2.76. The summed E-state index contributed by atoms with van der Waals surface area (Å²) in [6, 6.07) is 11.7. The number of nitrogen functional groups attached to an aromatic ring is 1. The minimum atomic E-state index is -0.423. The maximum absolute atomic E-state index is 11.9. The standard InChI is InChI=1S/C15H15NO3/c1-10-5-6-12(16)8-14(10)15(18)19-9-11-3-2-4-13(17)7-11/h2-8,17H,9,16H2,1H3. The number of hydrogen-bond acceptors (Lipinski definition) is 4. The summed E-state index contributed by atoms with van der Waals surface area (Å²) in [5.41, 5.74) is 8.18. The summed E-state index contributed by atoms with van der Waals surface area (Å²) in [4.78, 5) is 11.9. The van der Waals surface area contributed by atoms with E-state index in [1.807, 2.05) is 6.92 Å². The molecular formula is C15H15NO3. The average Bonchev–Trinajstić information content (AvgIpc) is 2.39. The van der Waals surface area contributed by atoms with Crippen molar-refractivity contribution in [3.63, 3.8) is 0 Å². The van der Waals surface area contributed by atoms with Crippen LogP contribution in [0.4, 0.5) is 5.69 Å². The summed E-state index contributed by atoms with van der Waals surface area (Å²) in [5.74, 6) is -0.276. The fourth-order valence-electron chi connectivity index (χ4n) is 1.73. The van der Waals surface area contributed by atoms with E-state index in [9.17, 15) is 9.90 Å². The van der Waals surface area contributed by atoms with Gasteiger partial charge < -0.3 is 15.6 Å². The van der Waals surface area contributed by atoms with Gasteiger partial charge in [-0.15, -0.1) is 0 Å². The maximum atomic E-state index is 11.9. The minimum Gasteiger partial charge on any atom is -0.508 e. The molecule has 0 fully saturated rings. The van der Waals surface area contributed by atoms with Crippen LogP contribution in [0.5, 0.6) is 5.75 Å². The number of benzene rings is 2. The van der Waals surface area contributed by atoms with Crippen molar-refractivity contribution in [3.05, 3.63) is 59.2 Å². The van der Waals surface area contributed by atoms with E-state index in [4.69, 9.17) is 10.5 Å². The number of carbonyl (C=O) groups excluding carboxylic acids is 1. The highest BCUT2D eigenvalue weighted by Gasteiger charge is 2.11.